The summed E-state index contributed by atoms with van der Waals surface area (Å²) >= 11 is 3.39. The lowest BCUT2D eigenvalue weighted by atomic mass is 9.80. The van der Waals surface area contributed by atoms with Crippen molar-refractivity contribution in [1.82, 2.24) is 0 Å². The molecule has 0 aromatic heterocycles. The number of hydrogen-bond acceptors (Lipinski definition) is 3. The van der Waals surface area contributed by atoms with Gasteiger partial charge < -0.3 is 15.0 Å². The molecule has 3 nitrogen and oxygen atoms in total. The van der Waals surface area contributed by atoms with E-state index in [1.165, 1.54) is 24.3 Å². The SMILES string of the molecule is CC1(C)OB(C(F)=C(c2ccc(F)cc2)c2cc(Br)ccc2N)OC1(C)C. The molecule has 0 bridgehead atoms. The van der Waals surface area contributed by atoms with Crippen LogP contribution in [0.15, 0.2) is 52.7 Å². The molecule has 1 saturated heterocycles. The third kappa shape index (κ3) is 3.81. The van der Waals surface area contributed by atoms with Crippen LogP contribution in [0.25, 0.3) is 5.57 Å². The Morgan fingerprint density at radius 3 is 2.11 bits per heavy atom. The molecule has 2 aromatic carbocycles. The third-order valence-electron chi connectivity index (χ3n) is 5.12. The molecule has 2 aromatic rings. The Labute approximate surface area is 166 Å². The fraction of sp³-hybridized carbons (Fsp3) is 0.300. The molecule has 0 radical (unpaired) electrons. The van der Waals surface area contributed by atoms with Gasteiger partial charge in [-0.3, -0.25) is 0 Å². The highest BCUT2D eigenvalue weighted by molar-refractivity contribution is 9.10. The van der Waals surface area contributed by atoms with Crippen LogP contribution < -0.4 is 5.73 Å². The van der Waals surface area contributed by atoms with Gasteiger partial charge in [-0.1, -0.05) is 28.1 Å². The van der Waals surface area contributed by atoms with Crippen LogP contribution in [0.3, 0.4) is 0 Å². The molecule has 1 fully saturated rings. The van der Waals surface area contributed by atoms with Crippen molar-refractivity contribution in [3.05, 3.63) is 69.6 Å². The van der Waals surface area contributed by atoms with Gasteiger partial charge in [0, 0.05) is 21.3 Å². The molecule has 0 saturated carbocycles. The van der Waals surface area contributed by atoms with Crippen molar-refractivity contribution in [3.63, 3.8) is 0 Å². The van der Waals surface area contributed by atoms with E-state index in [4.69, 9.17) is 15.0 Å². The monoisotopic (exact) mass is 435 g/mol. The largest absolute Gasteiger partial charge is 0.525 e. The molecule has 0 aliphatic carbocycles. The minimum Gasteiger partial charge on any atom is -0.398 e. The van der Waals surface area contributed by atoms with Crippen molar-refractivity contribution in [2.45, 2.75) is 38.9 Å². The summed E-state index contributed by atoms with van der Waals surface area (Å²) in [4.78, 5) is 0. The molecule has 1 heterocycles. The van der Waals surface area contributed by atoms with Gasteiger partial charge in [-0.25, -0.2) is 8.78 Å². The number of nitrogens with two attached hydrogens (primary N) is 1. The second kappa shape index (κ2) is 7.04. The minimum absolute atomic E-state index is 0.215. The maximum Gasteiger partial charge on any atom is 0.525 e. The summed E-state index contributed by atoms with van der Waals surface area (Å²) in [5.74, 6) is -0.406. The first-order chi connectivity index (χ1) is 12.5. The normalized spacial score (nSPS) is 19.1. The van der Waals surface area contributed by atoms with Gasteiger partial charge in [-0.05, 0) is 63.6 Å². The van der Waals surface area contributed by atoms with Gasteiger partial charge in [0.05, 0.1) is 11.2 Å². The van der Waals surface area contributed by atoms with Gasteiger partial charge in [-0.2, -0.15) is 0 Å². The summed E-state index contributed by atoms with van der Waals surface area (Å²) in [6, 6.07) is 10.8. The van der Waals surface area contributed by atoms with E-state index < -0.39 is 29.9 Å². The van der Waals surface area contributed by atoms with E-state index in [1.54, 1.807) is 18.2 Å². The van der Waals surface area contributed by atoms with Crippen LogP contribution in [0.1, 0.15) is 38.8 Å². The number of nitrogen functional groups attached to an aromatic ring is 1. The Morgan fingerprint density at radius 1 is 1.00 bits per heavy atom. The average molecular weight is 436 g/mol. The van der Waals surface area contributed by atoms with Crippen LogP contribution in [-0.4, -0.2) is 18.3 Å². The lowest BCUT2D eigenvalue weighted by Crippen LogP contribution is -2.41. The van der Waals surface area contributed by atoms with Gasteiger partial charge in [-0.15, -0.1) is 0 Å². The van der Waals surface area contributed by atoms with Gasteiger partial charge in [0.15, 0.2) is 0 Å². The van der Waals surface area contributed by atoms with E-state index in [9.17, 15) is 4.39 Å². The zero-order valence-corrected chi connectivity index (χ0v) is 17.2. The summed E-state index contributed by atoms with van der Waals surface area (Å²) < 4.78 is 41.6. The van der Waals surface area contributed by atoms with E-state index >= 15 is 4.39 Å². The molecular formula is C20H21BBrF2NO2. The Kier molecular flexibility index (Phi) is 5.23. The molecule has 0 amide bonds. The van der Waals surface area contributed by atoms with Gasteiger partial charge in [0.1, 0.15) is 11.5 Å². The highest BCUT2D eigenvalue weighted by atomic mass is 79.9. The summed E-state index contributed by atoms with van der Waals surface area (Å²) in [5.41, 5.74) is 5.70. The standard InChI is InChI=1S/C20H21BBrF2NO2/c1-19(2)20(3,4)27-21(26-19)18(24)17(12-5-8-14(23)9-6-12)15-11-13(22)7-10-16(15)25/h5-11H,25H2,1-4H3. The fourth-order valence-corrected chi connectivity index (χ4v) is 3.21. The molecule has 0 spiro atoms. The topological polar surface area (TPSA) is 44.5 Å². The first-order valence-electron chi connectivity index (χ1n) is 8.58. The number of rotatable bonds is 3. The highest BCUT2D eigenvalue weighted by Crippen LogP contribution is 2.42. The third-order valence-corrected chi connectivity index (χ3v) is 5.61. The molecule has 2 N–H and O–H groups in total. The van der Waals surface area contributed by atoms with Crippen molar-refractivity contribution < 1.29 is 18.1 Å². The molecule has 1 aliphatic heterocycles. The van der Waals surface area contributed by atoms with Crippen molar-refractivity contribution in [2.24, 2.45) is 0 Å². The summed E-state index contributed by atoms with van der Waals surface area (Å²) in [5, 5.41) is 0. The van der Waals surface area contributed by atoms with Gasteiger partial charge >= 0.3 is 7.12 Å². The van der Waals surface area contributed by atoms with Crippen LogP contribution in [-0.2, 0) is 9.31 Å². The second-order valence-corrected chi connectivity index (χ2v) is 8.47. The predicted molar refractivity (Wildman–Crippen MR) is 108 cm³/mol. The lowest BCUT2D eigenvalue weighted by molar-refractivity contribution is 0.00578. The van der Waals surface area contributed by atoms with Crippen LogP contribution in [0.2, 0.25) is 0 Å². The maximum atomic E-state index is 15.7. The second-order valence-electron chi connectivity index (χ2n) is 7.55. The minimum atomic E-state index is -1.19. The summed E-state index contributed by atoms with van der Waals surface area (Å²) in [6.07, 6.45) is 0. The van der Waals surface area contributed by atoms with Crippen molar-refractivity contribution in [2.75, 3.05) is 5.73 Å². The molecule has 0 unspecified atom stereocenters. The van der Waals surface area contributed by atoms with Crippen LogP contribution in [0.5, 0.6) is 0 Å². The van der Waals surface area contributed by atoms with Crippen LogP contribution in [0, 0.1) is 5.82 Å². The zero-order valence-electron chi connectivity index (χ0n) is 15.6. The quantitative estimate of drug-likeness (QED) is 0.509. The first kappa shape index (κ1) is 20.0. The van der Waals surface area contributed by atoms with Crippen LogP contribution >= 0.6 is 15.9 Å². The molecule has 3 rings (SSSR count). The van der Waals surface area contributed by atoms with E-state index in [0.717, 1.165) is 4.47 Å². The Morgan fingerprint density at radius 2 is 1.56 bits per heavy atom. The molecule has 27 heavy (non-hydrogen) atoms. The number of anilines is 1. The molecule has 0 atom stereocenters. The first-order valence-corrected chi connectivity index (χ1v) is 9.38. The molecule has 7 heteroatoms. The Bertz CT molecular complexity index is 881. The van der Waals surface area contributed by atoms with Crippen molar-refractivity contribution in [1.29, 1.82) is 0 Å². The summed E-state index contributed by atoms with van der Waals surface area (Å²) in [6.45, 7) is 7.41. The predicted octanol–water partition coefficient (Wildman–Crippen LogP) is 5.53. The van der Waals surface area contributed by atoms with E-state index in [-0.39, 0.29) is 5.57 Å². The molecule has 1 aliphatic rings. The number of benzene rings is 2. The molecular weight excluding hydrogens is 415 g/mol. The average Bonchev–Trinajstić information content (AvgIpc) is 2.80. The van der Waals surface area contributed by atoms with E-state index in [0.29, 0.717) is 16.8 Å². The lowest BCUT2D eigenvalue weighted by Gasteiger charge is -2.32. The van der Waals surface area contributed by atoms with E-state index in [2.05, 4.69) is 15.9 Å². The van der Waals surface area contributed by atoms with Crippen molar-refractivity contribution >= 4 is 34.3 Å². The Hall–Kier alpha value is -1.70. The zero-order chi connectivity index (χ0) is 20.0. The van der Waals surface area contributed by atoms with E-state index in [1.807, 2.05) is 27.7 Å². The molecule has 142 valence electrons. The maximum absolute atomic E-state index is 15.7. The summed E-state index contributed by atoms with van der Waals surface area (Å²) in [7, 11) is -1.19. The van der Waals surface area contributed by atoms with Crippen LogP contribution in [0.4, 0.5) is 14.5 Å². The number of halogens is 3. The van der Waals surface area contributed by atoms with Crippen molar-refractivity contribution in [3.8, 4) is 0 Å². The van der Waals surface area contributed by atoms with Gasteiger partial charge in [0.25, 0.3) is 0 Å². The number of hydrogen-bond donors (Lipinski definition) is 1. The highest BCUT2D eigenvalue weighted by Gasteiger charge is 2.53. The smallest absolute Gasteiger partial charge is 0.398 e. The Balaban J connectivity index is 2.19. The van der Waals surface area contributed by atoms with Gasteiger partial charge in [0.2, 0.25) is 0 Å². The fourth-order valence-electron chi connectivity index (χ4n) is 2.85.